The van der Waals surface area contributed by atoms with Crippen LogP contribution in [-0.4, -0.2) is 34.5 Å². The topological polar surface area (TPSA) is 104 Å². The number of pyridine rings is 1. The van der Waals surface area contributed by atoms with Gasteiger partial charge in [0.2, 0.25) is 15.8 Å². The van der Waals surface area contributed by atoms with Gasteiger partial charge in [-0.3, -0.25) is 0 Å². The fourth-order valence-electron chi connectivity index (χ4n) is 2.27. The Hall–Kier alpha value is -2.98. The number of nitrogens with zero attached hydrogens (tertiary/aromatic N) is 7. The third kappa shape index (κ3) is 2.81. The Balaban J connectivity index is 1.78. The van der Waals surface area contributed by atoms with Crippen LogP contribution in [0.2, 0.25) is 5.02 Å². The second-order valence-electron chi connectivity index (χ2n) is 4.88. The maximum Gasteiger partial charge on any atom is 0.362 e. The molecule has 9 nitrogen and oxygen atoms in total. The summed E-state index contributed by atoms with van der Waals surface area (Å²) < 4.78 is 2.88. The zero-order valence-electron chi connectivity index (χ0n) is 12.4. The van der Waals surface area contributed by atoms with E-state index in [0.717, 1.165) is 11.8 Å². The first-order valence-corrected chi connectivity index (χ1v) is 8.16. The van der Waals surface area contributed by atoms with E-state index in [4.69, 9.17) is 11.6 Å². The summed E-state index contributed by atoms with van der Waals surface area (Å²) in [5, 5.41) is 24.1. The van der Waals surface area contributed by atoms with Crippen molar-refractivity contribution in [1.82, 2.24) is 29.6 Å². The smallest absolute Gasteiger partial charge is 0.358 e. The number of aromatic nitrogens is 6. The van der Waals surface area contributed by atoms with Crippen LogP contribution in [0.1, 0.15) is 0 Å². The molecule has 0 N–H and O–H groups in total. The zero-order valence-corrected chi connectivity index (χ0v) is 13.9. The minimum absolute atomic E-state index is 0.133. The minimum atomic E-state index is -0.473. The van der Waals surface area contributed by atoms with Gasteiger partial charge in [-0.05, 0) is 57.4 Å². The summed E-state index contributed by atoms with van der Waals surface area (Å²) in [4.78, 5) is 15.3. The number of hydrogen-bond acceptors (Lipinski definition) is 7. The molecule has 4 aromatic rings. The van der Waals surface area contributed by atoms with Gasteiger partial charge in [-0.2, -0.15) is 14.1 Å². The van der Waals surface area contributed by atoms with E-state index in [2.05, 4.69) is 20.5 Å². The lowest BCUT2D eigenvalue weighted by molar-refractivity contribution is -0.393. The summed E-state index contributed by atoms with van der Waals surface area (Å²) in [7, 11) is 0. The third-order valence-corrected chi connectivity index (χ3v) is 4.50. The van der Waals surface area contributed by atoms with Crippen LogP contribution in [0.5, 0.6) is 0 Å². The van der Waals surface area contributed by atoms with Gasteiger partial charge in [0.05, 0.1) is 11.9 Å². The molecule has 4 rings (SSSR count). The van der Waals surface area contributed by atoms with Gasteiger partial charge in [0.15, 0.2) is 0 Å². The number of rotatable bonds is 4. The third-order valence-electron chi connectivity index (χ3n) is 3.35. The first kappa shape index (κ1) is 15.5. The predicted molar refractivity (Wildman–Crippen MR) is 90.1 cm³/mol. The van der Waals surface area contributed by atoms with Gasteiger partial charge in [0, 0.05) is 11.1 Å². The molecule has 0 saturated heterocycles. The van der Waals surface area contributed by atoms with E-state index in [0.29, 0.717) is 21.5 Å². The van der Waals surface area contributed by atoms with Crippen LogP contribution in [0.15, 0.2) is 58.8 Å². The van der Waals surface area contributed by atoms with Crippen molar-refractivity contribution < 1.29 is 4.92 Å². The van der Waals surface area contributed by atoms with Crippen LogP contribution in [0.3, 0.4) is 0 Å². The van der Waals surface area contributed by atoms with Crippen molar-refractivity contribution in [2.45, 2.75) is 10.2 Å². The van der Waals surface area contributed by atoms with Crippen molar-refractivity contribution >= 4 is 34.8 Å². The molecule has 0 aliphatic carbocycles. The molecule has 0 fully saturated rings. The molecule has 0 unspecified atom stereocenters. The van der Waals surface area contributed by atoms with Gasteiger partial charge in [-0.25, -0.2) is 0 Å². The quantitative estimate of drug-likeness (QED) is 0.400. The van der Waals surface area contributed by atoms with Crippen molar-refractivity contribution in [3.8, 4) is 5.69 Å². The fraction of sp³-hybridized carbons (Fsp3) is 0. The normalized spacial score (nSPS) is 11.1. The number of hydrogen-bond donors (Lipinski definition) is 0. The number of imidazole rings is 1. The monoisotopic (exact) mass is 373 g/mol. The Labute approximate surface area is 149 Å². The summed E-state index contributed by atoms with van der Waals surface area (Å²) in [6, 6.07) is 12.1. The van der Waals surface area contributed by atoms with Gasteiger partial charge >= 0.3 is 5.82 Å². The lowest BCUT2D eigenvalue weighted by Gasteiger charge is -2.03. The zero-order chi connectivity index (χ0) is 17.4. The standard InChI is InChI=1S/C14H8ClN7O2S/c15-9-4-6-10(7-5-9)21-14(17-18-19-21)25-12-13(22(23)24)20-8-2-1-3-11(20)16-12/h1-8H. The van der Waals surface area contributed by atoms with Crippen LogP contribution >= 0.6 is 23.4 Å². The Morgan fingerprint density at radius 2 is 1.96 bits per heavy atom. The highest BCUT2D eigenvalue weighted by Gasteiger charge is 2.25. The summed E-state index contributed by atoms with van der Waals surface area (Å²) in [6.07, 6.45) is 1.59. The first-order valence-electron chi connectivity index (χ1n) is 6.97. The van der Waals surface area contributed by atoms with Gasteiger partial charge < -0.3 is 10.1 Å². The molecule has 0 atom stereocenters. The van der Waals surface area contributed by atoms with Gasteiger partial charge in [-0.1, -0.05) is 17.7 Å². The molecule has 25 heavy (non-hydrogen) atoms. The lowest BCUT2D eigenvalue weighted by atomic mass is 10.3. The molecule has 0 radical (unpaired) electrons. The molecule has 124 valence electrons. The van der Waals surface area contributed by atoms with Crippen LogP contribution in [0.25, 0.3) is 11.3 Å². The van der Waals surface area contributed by atoms with Crippen molar-refractivity contribution in [3.63, 3.8) is 0 Å². The number of halogens is 1. The lowest BCUT2D eigenvalue weighted by Crippen LogP contribution is -1.99. The average molecular weight is 374 g/mol. The summed E-state index contributed by atoms with van der Waals surface area (Å²) in [5.74, 6) is -0.133. The number of benzene rings is 1. The van der Waals surface area contributed by atoms with Gasteiger partial charge in [0.25, 0.3) is 0 Å². The molecular formula is C14H8ClN7O2S. The Kier molecular flexibility index (Phi) is 3.82. The molecule has 1 aromatic carbocycles. The van der Waals surface area contributed by atoms with Crippen molar-refractivity contribution in [2.75, 3.05) is 0 Å². The number of fused-ring (bicyclic) bond motifs is 1. The van der Waals surface area contributed by atoms with E-state index in [-0.39, 0.29) is 10.8 Å². The predicted octanol–water partition coefficient (Wildman–Crippen LogP) is 3.02. The molecule has 0 bridgehead atoms. The SMILES string of the molecule is O=[N+]([O-])c1c(Sc2nnnn2-c2ccc(Cl)cc2)nc2ccccn12. The van der Waals surface area contributed by atoms with Crippen LogP contribution < -0.4 is 0 Å². The Morgan fingerprint density at radius 1 is 1.16 bits per heavy atom. The van der Waals surface area contributed by atoms with Crippen LogP contribution in [0, 0.1) is 10.1 Å². The molecular weight excluding hydrogens is 366 g/mol. The fourth-order valence-corrected chi connectivity index (χ4v) is 3.28. The maximum atomic E-state index is 11.5. The van der Waals surface area contributed by atoms with E-state index in [1.54, 1.807) is 48.7 Å². The van der Waals surface area contributed by atoms with Crippen molar-refractivity contribution in [3.05, 3.63) is 63.8 Å². The average Bonchev–Trinajstić information content (AvgIpc) is 3.19. The molecule has 0 amide bonds. The molecule has 0 aliphatic heterocycles. The molecule has 0 aliphatic rings. The van der Waals surface area contributed by atoms with Gasteiger partial charge in [-0.15, -0.1) is 5.10 Å². The van der Waals surface area contributed by atoms with Crippen LogP contribution in [0.4, 0.5) is 5.82 Å². The van der Waals surface area contributed by atoms with E-state index >= 15 is 0 Å². The maximum absolute atomic E-state index is 11.5. The van der Waals surface area contributed by atoms with E-state index in [1.165, 1.54) is 9.08 Å². The van der Waals surface area contributed by atoms with E-state index < -0.39 is 4.92 Å². The number of nitro groups is 1. The Bertz CT molecular complexity index is 1080. The Morgan fingerprint density at radius 3 is 2.72 bits per heavy atom. The molecule has 11 heteroatoms. The summed E-state index contributed by atoms with van der Waals surface area (Å²) in [5.41, 5.74) is 1.16. The van der Waals surface area contributed by atoms with Crippen LogP contribution in [-0.2, 0) is 0 Å². The largest absolute Gasteiger partial charge is 0.362 e. The highest BCUT2D eigenvalue weighted by Crippen LogP contribution is 2.34. The highest BCUT2D eigenvalue weighted by molar-refractivity contribution is 7.99. The second-order valence-corrected chi connectivity index (χ2v) is 6.27. The minimum Gasteiger partial charge on any atom is -0.358 e. The molecule has 3 aromatic heterocycles. The van der Waals surface area contributed by atoms with E-state index in [9.17, 15) is 10.1 Å². The van der Waals surface area contributed by atoms with E-state index in [1.807, 2.05) is 0 Å². The second kappa shape index (κ2) is 6.15. The molecule has 3 heterocycles. The summed E-state index contributed by atoms with van der Waals surface area (Å²) >= 11 is 6.91. The molecule has 0 saturated carbocycles. The summed E-state index contributed by atoms with van der Waals surface area (Å²) in [6.45, 7) is 0. The first-order chi connectivity index (χ1) is 12.1. The van der Waals surface area contributed by atoms with Gasteiger partial charge in [0.1, 0.15) is 0 Å². The highest BCUT2D eigenvalue weighted by atomic mass is 35.5. The number of tetrazole rings is 1. The van der Waals surface area contributed by atoms with Crippen molar-refractivity contribution in [2.24, 2.45) is 0 Å². The van der Waals surface area contributed by atoms with Crippen molar-refractivity contribution in [1.29, 1.82) is 0 Å². The molecule has 0 spiro atoms.